The van der Waals surface area contributed by atoms with Crippen LogP contribution in [0.4, 0.5) is 5.13 Å². The number of hydrogen-bond donors (Lipinski definition) is 1. The van der Waals surface area contributed by atoms with E-state index in [-0.39, 0.29) is 12.5 Å². The number of aryl methyl sites for hydroxylation is 1. The Morgan fingerprint density at radius 3 is 3.00 bits per heavy atom. The van der Waals surface area contributed by atoms with E-state index in [1.165, 1.54) is 11.3 Å². The summed E-state index contributed by atoms with van der Waals surface area (Å²) in [5, 5.41) is 0.570. The first-order valence-electron chi connectivity index (χ1n) is 6.90. The standard InChI is InChI=1S/C15H17N3O2S/c1-2-10-5-3-4-6-12(10)20-9-14(19)18-7-11-13(8-18)21-15(16)17-11/h3-6H,2,7-9H2,1H3,(H2,16,17). The van der Waals surface area contributed by atoms with Crippen LogP contribution in [0.5, 0.6) is 5.75 Å². The van der Waals surface area contributed by atoms with Crippen molar-refractivity contribution in [2.24, 2.45) is 0 Å². The number of nitrogens with two attached hydrogens (primary N) is 1. The van der Waals surface area contributed by atoms with Crippen molar-refractivity contribution in [1.82, 2.24) is 9.88 Å². The first-order valence-corrected chi connectivity index (χ1v) is 7.71. The minimum atomic E-state index is -0.0234. The molecule has 0 fully saturated rings. The van der Waals surface area contributed by atoms with E-state index >= 15 is 0 Å². The monoisotopic (exact) mass is 303 g/mol. The van der Waals surface area contributed by atoms with Gasteiger partial charge in [-0.15, -0.1) is 11.3 Å². The second-order valence-corrected chi connectivity index (χ2v) is 6.04. The van der Waals surface area contributed by atoms with E-state index in [1.807, 2.05) is 24.3 Å². The normalized spacial score (nSPS) is 13.3. The maximum Gasteiger partial charge on any atom is 0.261 e. The zero-order chi connectivity index (χ0) is 14.8. The lowest BCUT2D eigenvalue weighted by atomic mass is 10.1. The summed E-state index contributed by atoms with van der Waals surface area (Å²) in [6.45, 7) is 3.24. The first-order chi connectivity index (χ1) is 10.2. The van der Waals surface area contributed by atoms with E-state index in [0.29, 0.717) is 18.2 Å². The van der Waals surface area contributed by atoms with Crippen LogP contribution in [0.25, 0.3) is 0 Å². The summed E-state index contributed by atoms with van der Waals surface area (Å²) in [5.41, 5.74) is 7.68. The number of aromatic nitrogens is 1. The molecule has 3 rings (SSSR count). The molecular formula is C15H17N3O2S. The number of fused-ring (bicyclic) bond motifs is 1. The van der Waals surface area contributed by atoms with Crippen molar-refractivity contribution < 1.29 is 9.53 Å². The Bertz CT molecular complexity index is 645. The highest BCUT2D eigenvalue weighted by Crippen LogP contribution is 2.29. The molecule has 6 heteroatoms. The van der Waals surface area contributed by atoms with Gasteiger partial charge < -0.3 is 15.4 Å². The van der Waals surface area contributed by atoms with Gasteiger partial charge in [0.25, 0.3) is 5.91 Å². The fourth-order valence-corrected chi connectivity index (χ4v) is 3.26. The third-order valence-electron chi connectivity index (χ3n) is 3.53. The Balaban J connectivity index is 1.59. The van der Waals surface area contributed by atoms with Gasteiger partial charge in [-0.3, -0.25) is 4.79 Å². The van der Waals surface area contributed by atoms with Crippen LogP contribution in [0.3, 0.4) is 0 Å². The molecule has 0 saturated carbocycles. The van der Waals surface area contributed by atoms with E-state index in [0.717, 1.165) is 28.3 Å². The second kappa shape index (κ2) is 5.73. The molecule has 0 unspecified atom stereocenters. The van der Waals surface area contributed by atoms with Gasteiger partial charge in [-0.2, -0.15) is 0 Å². The van der Waals surface area contributed by atoms with Crippen LogP contribution in [0.2, 0.25) is 0 Å². The molecule has 0 bridgehead atoms. The summed E-state index contributed by atoms with van der Waals surface area (Å²) in [4.78, 5) is 19.3. The van der Waals surface area contributed by atoms with Gasteiger partial charge in [-0.05, 0) is 18.1 Å². The smallest absolute Gasteiger partial charge is 0.261 e. The number of carbonyl (C=O) groups excluding carboxylic acids is 1. The molecule has 21 heavy (non-hydrogen) atoms. The Labute approximate surface area is 127 Å². The molecule has 1 aliphatic rings. The molecule has 110 valence electrons. The van der Waals surface area contributed by atoms with Gasteiger partial charge in [0.15, 0.2) is 11.7 Å². The predicted octanol–water partition coefficient (Wildman–Crippen LogP) is 2.21. The number of anilines is 1. The molecule has 0 spiro atoms. The van der Waals surface area contributed by atoms with Crippen molar-refractivity contribution >= 4 is 22.4 Å². The van der Waals surface area contributed by atoms with Crippen LogP contribution in [0, 0.1) is 0 Å². The quantitative estimate of drug-likeness (QED) is 0.940. The maximum absolute atomic E-state index is 12.2. The van der Waals surface area contributed by atoms with E-state index in [9.17, 15) is 4.79 Å². The van der Waals surface area contributed by atoms with Crippen LogP contribution >= 0.6 is 11.3 Å². The Morgan fingerprint density at radius 2 is 2.24 bits per heavy atom. The molecule has 5 nitrogen and oxygen atoms in total. The molecule has 0 atom stereocenters. The maximum atomic E-state index is 12.2. The molecule has 0 aliphatic carbocycles. The summed E-state index contributed by atoms with van der Waals surface area (Å²) in [6, 6.07) is 7.80. The van der Waals surface area contributed by atoms with Gasteiger partial charge >= 0.3 is 0 Å². The summed E-state index contributed by atoms with van der Waals surface area (Å²) < 4.78 is 5.67. The molecule has 2 heterocycles. The lowest BCUT2D eigenvalue weighted by molar-refractivity contribution is -0.134. The van der Waals surface area contributed by atoms with E-state index in [2.05, 4.69) is 11.9 Å². The minimum absolute atomic E-state index is 0.0234. The van der Waals surface area contributed by atoms with Gasteiger partial charge in [0.1, 0.15) is 5.75 Å². The van der Waals surface area contributed by atoms with E-state index < -0.39 is 0 Å². The summed E-state index contributed by atoms with van der Waals surface area (Å²) in [5.74, 6) is 0.759. The number of hydrogen-bond acceptors (Lipinski definition) is 5. The number of ether oxygens (including phenoxy) is 1. The van der Waals surface area contributed by atoms with Crippen LogP contribution in [-0.4, -0.2) is 22.4 Å². The van der Waals surface area contributed by atoms with Gasteiger partial charge in [0, 0.05) is 0 Å². The lowest BCUT2D eigenvalue weighted by Gasteiger charge is -2.16. The summed E-state index contributed by atoms with van der Waals surface area (Å²) in [7, 11) is 0. The van der Waals surface area contributed by atoms with Crippen LogP contribution in [0.1, 0.15) is 23.1 Å². The lowest BCUT2D eigenvalue weighted by Crippen LogP contribution is -2.30. The van der Waals surface area contributed by atoms with Crippen molar-refractivity contribution in [1.29, 1.82) is 0 Å². The zero-order valence-electron chi connectivity index (χ0n) is 11.8. The number of nitrogen functional groups attached to an aromatic ring is 1. The number of carbonyl (C=O) groups is 1. The number of thiazole rings is 1. The minimum Gasteiger partial charge on any atom is -0.483 e. The fourth-order valence-electron chi connectivity index (χ4n) is 2.40. The molecule has 2 N–H and O–H groups in total. The highest BCUT2D eigenvalue weighted by Gasteiger charge is 2.27. The first kappa shape index (κ1) is 13.9. The molecule has 0 saturated heterocycles. The highest BCUT2D eigenvalue weighted by atomic mass is 32.1. The van der Waals surface area contributed by atoms with Crippen molar-refractivity contribution in [2.75, 3.05) is 12.3 Å². The molecule has 1 aliphatic heterocycles. The largest absolute Gasteiger partial charge is 0.483 e. The Morgan fingerprint density at radius 1 is 1.43 bits per heavy atom. The summed E-state index contributed by atoms with van der Waals surface area (Å²) in [6.07, 6.45) is 0.883. The highest BCUT2D eigenvalue weighted by molar-refractivity contribution is 7.15. The van der Waals surface area contributed by atoms with Crippen molar-refractivity contribution in [3.8, 4) is 5.75 Å². The fraction of sp³-hybridized carbons (Fsp3) is 0.333. The third kappa shape index (κ3) is 2.85. The molecule has 1 aromatic heterocycles. The number of benzene rings is 1. The van der Waals surface area contributed by atoms with E-state index in [1.54, 1.807) is 4.90 Å². The summed E-state index contributed by atoms with van der Waals surface area (Å²) >= 11 is 1.45. The van der Waals surface area contributed by atoms with Crippen LogP contribution < -0.4 is 10.5 Å². The Hall–Kier alpha value is -2.08. The molecular weight excluding hydrogens is 286 g/mol. The van der Waals surface area contributed by atoms with Gasteiger partial charge in [-0.25, -0.2) is 4.98 Å². The zero-order valence-corrected chi connectivity index (χ0v) is 12.7. The average molecular weight is 303 g/mol. The van der Waals surface area contributed by atoms with Crippen molar-refractivity contribution in [3.63, 3.8) is 0 Å². The number of nitrogens with zero attached hydrogens (tertiary/aromatic N) is 2. The Kier molecular flexibility index (Phi) is 3.79. The van der Waals surface area contributed by atoms with Crippen LogP contribution in [-0.2, 0) is 24.3 Å². The third-order valence-corrected chi connectivity index (χ3v) is 4.44. The average Bonchev–Trinajstić information content (AvgIpc) is 3.02. The number of rotatable bonds is 4. The molecule has 1 amide bonds. The van der Waals surface area contributed by atoms with Gasteiger partial charge in [0.2, 0.25) is 0 Å². The van der Waals surface area contributed by atoms with Crippen molar-refractivity contribution in [2.45, 2.75) is 26.4 Å². The van der Waals surface area contributed by atoms with Gasteiger partial charge in [0.05, 0.1) is 23.7 Å². The van der Waals surface area contributed by atoms with Crippen molar-refractivity contribution in [3.05, 3.63) is 40.4 Å². The predicted molar refractivity (Wildman–Crippen MR) is 82.1 cm³/mol. The topological polar surface area (TPSA) is 68.5 Å². The number of amides is 1. The molecule has 2 aromatic rings. The van der Waals surface area contributed by atoms with Crippen LogP contribution in [0.15, 0.2) is 24.3 Å². The second-order valence-electron chi connectivity index (χ2n) is 4.92. The molecule has 1 aromatic carbocycles. The van der Waals surface area contributed by atoms with E-state index in [4.69, 9.17) is 10.5 Å². The number of para-hydroxylation sites is 1. The van der Waals surface area contributed by atoms with Gasteiger partial charge in [-0.1, -0.05) is 25.1 Å². The SMILES string of the molecule is CCc1ccccc1OCC(=O)N1Cc2nc(N)sc2C1. The molecule has 0 radical (unpaired) electrons.